The predicted molar refractivity (Wildman–Crippen MR) is 151 cm³/mol. The third kappa shape index (κ3) is 6.99. The maximum Gasteiger partial charge on any atom is 0.419 e. The van der Waals surface area contributed by atoms with E-state index in [1.807, 2.05) is 0 Å². The van der Waals surface area contributed by atoms with Crippen molar-refractivity contribution >= 4 is 23.0 Å². The van der Waals surface area contributed by atoms with Crippen LogP contribution < -0.4 is 4.74 Å². The summed E-state index contributed by atoms with van der Waals surface area (Å²) in [5, 5.41) is 0.0490. The molecule has 0 aliphatic carbocycles. The number of hydrogen-bond acceptors (Lipinski definition) is 7. The molecule has 1 aliphatic rings. The summed E-state index contributed by atoms with van der Waals surface area (Å²) in [6.45, 7) is 4.88. The fraction of sp³-hybridized carbons (Fsp3) is 0.484. The molecule has 1 aromatic heterocycles. The number of benzene rings is 2. The Kier molecular flexibility index (Phi) is 9.32. The van der Waals surface area contributed by atoms with E-state index < -0.39 is 54.2 Å². The first-order valence-electron chi connectivity index (χ1n) is 13.9. The van der Waals surface area contributed by atoms with Crippen LogP contribution in [0.15, 0.2) is 42.6 Å². The molecule has 2 heterocycles. The van der Waals surface area contributed by atoms with Crippen LogP contribution in [0, 0.1) is 6.92 Å². The van der Waals surface area contributed by atoms with Gasteiger partial charge in [-0.05, 0) is 75.9 Å². The minimum absolute atomic E-state index is 0.0490. The molecule has 240 valence electrons. The third-order valence-electron chi connectivity index (χ3n) is 7.35. The van der Waals surface area contributed by atoms with Crippen molar-refractivity contribution in [2.75, 3.05) is 27.4 Å². The molecule has 2 aromatic carbocycles. The minimum Gasteiger partial charge on any atom is -0.496 e. The molecule has 0 radical (unpaired) electrons. The van der Waals surface area contributed by atoms with E-state index in [-0.39, 0.29) is 41.6 Å². The number of rotatable bonds is 7. The van der Waals surface area contributed by atoms with Gasteiger partial charge in [-0.1, -0.05) is 12.1 Å². The van der Waals surface area contributed by atoms with Gasteiger partial charge in [-0.2, -0.15) is 22.0 Å². The molecule has 0 unspecified atom stereocenters. The Morgan fingerprint density at radius 1 is 1.00 bits per heavy atom. The summed E-state index contributed by atoms with van der Waals surface area (Å²) in [5.41, 5.74) is -0.130. The lowest BCUT2D eigenvalue weighted by Gasteiger charge is -2.44. The lowest BCUT2D eigenvalue weighted by Crippen LogP contribution is -2.48. The van der Waals surface area contributed by atoms with E-state index in [0.717, 1.165) is 9.47 Å². The van der Waals surface area contributed by atoms with Crippen LogP contribution in [0.3, 0.4) is 0 Å². The van der Waals surface area contributed by atoms with Gasteiger partial charge in [0, 0.05) is 24.2 Å². The standard InChI is InChI=1S/C31H35F5N2O6/c1-18-15-24(41-5)25(22-12-13-37(26(18)22)28(40)44-29(2,3)4)31(35,36)38-14-11-21(43-17-30(32,33)34)16-23(38)19-7-9-20(10-8-19)27(39)42-6/h7-10,12-13,15,21,23H,11,14,16-17H2,1-6H3/t21-,23+/m1/s1. The minimum atomic E-state index is -4.58. The van der Waals surface area contributed by atoms with Crippen LogP contribution >= 0.6 is 0 Å². The lowest BCUT2D eigenvalue weighted by atomic mass is 9.90. The van der Waals surface area contributed by atoms with Crippen molar-refractivity contribution in [1.82, 2.24) is 9.47 Å². The summed E-state index contributed by atoms with van der Waals surface area (Å²) in [6.07, 6.45) is -5.22. The summed E-state index contributed by atoms with van der Waals surface area (Å²) < 4.78 is 94.6. The van der Waals surface area contributed by atoms with Gasteiger partial charge < -0.3 is 18.9 Å². The highest BCUT2D eigenvalue weighted by molar-refractivity contribution is 5.95. The maximum atomic E-state index is 17.0. The Bertz CT molecular complexity index is 1510. The number of likely N-dealkylation sites (tertiary alicyclic amines) is 1. The van der Waals surface area contributed by atoms with E-state index in [9.17, 15) is 22.8 Å². The molecule has 1 aliphatic heterocycles. The molecule has 3 aromatic rings. The number of methoxy groups -OCH3 is 2. The number of fused-ring (bicyclic) bond motifs is 1. The van der Waals surface area contributed by atoms with Gasteiger partial charge in [0.05, 0.1) is 37.0 Å². The molecular weight excluding hydrogens is 591 g/mol. The number of nitrogens with zero attached hydrogens (tertiary/aromatic N) is 2. The van der Waals surface area contributed by atoms with Crippen molar-refractivity contribution in [3.05, 3.63) is 64.8 Å². The molecule has 0 amide bonds. The first-order valence-corrected chi connectivity index (χ1v) is 13.9. The number of carbonyl (C=O) groups excluding carboxylic acids is 2. The molecule has 1 saturated heterocycles. The molecule has 44 heavy (non-hydrogen) atoms. The third-order valence-corrected chi connectivity index (χ3v) is 7.35. The van der Waals surface area contributed by atoms with E-state index in [1.54, 1.807) is 27.7 Å². The van der Waals surface area contributed by atoms with Crippen LogP contribution in [0.2, 0.25) is 0 Å². The molecule has 0 spiro atoms. The van der Waals surface area contributed by atoms with Gasteiger partial charge in [-0.15, -0.1) is 0 Å². The number of carbonyl (C=O) groups is 2. The van der Waals surface area contributed by atoms with Crippen molar-refractivity contribution in [3.63, 3.8) is 0 Å². The Morgan fingerprint density at radius 3 is 2.23 bits per heavy atom. The van der Waals surface area contributed by atoms with E-state index in [0.29, 0.717) is 11.1 Å². The first kappa shape index (κ1) is 33.2. The van der Waals surface area contributed by atoms with E-state index in [1.165, 1.54) is 56.8 Å². The smallest absolute Gasteiger partial charge is 0.419 e. The summed E-state index contributed by atoms with van der Waals surface area (Å²) in [6, 6.07) is 3.69. The molecular formula is C31H35F5N2O6. The summed E-state index contributed by atoms with van der Waals surface area (Å²) in [5.74, 6) is -0.757. The average molecular weight is 627 g/mol. The highest BCUT2D eigenvalue weighted by Crippen LogP contribution is 2.49. The van der Waals surface area contributed by atoms with Gasteiger partial charge >= 0.3 is 24.3 Å². The van der Waals surface area contributed by atoms with E-state index in [4.69, 9.17) is 18.9 Å². The van der Waals surface area contributed by atoms with Crippen molar-refractivity contribution in [1.29, 1.82) is 0 Å². The Hall–Kier alpha value is -3.71. The van der Waals surface area contributed by atoms with Crippen LogP contribution in [0.1, 0.15) is 66.7 Å². The number of hydrogen-bond donors (Lipinski definition) is 0. The van der Waals surface area contributed by atoms with Gasteiger partial charge in [-0.3, -0.25) is 4.57 Å². The van der Waals surface area contributed by atoms with Crippen LogP contribution in [0.25, 0.3) is 10.9 Å². The Labute approximate surface area is 251 Å². The Morgan fingerprint density at radius 2 is 1.66 bits per heavy atom. The zero-order chi connectivity index (χ0) is 32.6. The topological polar surface area (TPSA) is 79.2 Å². The quantitative estimate of drug-likeness (QED) is 0.154. The van der Waals surface area contributed by atoms with Gasteiger partial charge in [0.1, 0.15) is 18.0 Å². The number of halogens is 5. The molecule has 4 rings (SSSR count). The van der Waals surface area contributed by atoms with Gasteiger partial charge in [0.15, 0.2) is 0 Å². The Balaban J connectivity index is 1.81. The van der Waals surface area contributed by atoms with Crippen molar-refractivity contribution in [2.24, 2.45) is 0 Å². The van der Waals surface area contributed by atoms with Crippen molar-refractivity contribution < 1.29 is 50.5 Å². The summed E-state index contributed by atoms with van der Waals surface area (Å²) >= 11 is 0. The van der Waals surface area contributed by atoms with E-state index >= 15 is 8.78 Å². The number of ether oxygens (including phenoxy) is 4. The van der Waals surface area contributed by atoms with Gasteiger partial charge in [0.2, 0.25) is 0 Å². The number of esters is 1. The molecule has 1 fully saturated rings. The van der Waals surface area contributed by atoms with Crippen LogP contribution in [-0.4, -0.2) is 66.8 Å². The van der Waals surface area contributed by atoms with Crippen LogP contribution in [0.5, 0.6) is 5.75 Å². The van der Waals surface area contributed by atoms with Crippen LogP contribution in [-0.2, 0) is 20.3 Å². The van der Waals surface area contributed by atoms with Crippen LogP contribution in [0.4, 0.5) is 26.7 Å². The predicted octanol–water partition coefficient (Wildman–Crippen LogP) is 7.36. The first-order chi connectivity index (χ1) is 20.5. The molecule has 8 nitrogen and oxygen atoms in total. The number of aryl methyl sites for hydroxylation is 1. The summed E-state index contributed by atoms with van der Waals surface area (Å²) in [4.78, 5) is 25.8. The zero-order valence-corrected chi connectivity index (χ0v) is 25.3. The maximum absolute atomic E-state index is 17.0. The molecule has 0 N–H and O–H groups in total. The second kappa shape index (κ2) is 12.4. The molecule has 2 atom stereocenters. The SMILES string of the molecule is COC(=O)c1ccc([C@@H]2C[C@H](OCC(F)(F)F)CCN2C(F)(F)c2c(OC)cc(C)c3c2ccn3C(=O)OC(C)(C)C)cc1. The van der Waals surface area contributed by atoms with Gasteiger partial charge in [0.25, 0.3) is 0 Å². The lowest BCUT2D eigenvalue weighted by molar-refractivity contribution is -0.216. The highest BCUT2D eigenvalue weighted by atomic mass is 19.4. The van der Waals surface area contributed by atoms with Crippen molar-refractivity contribution in [2.45, 2.75) is 70.5 Å². The fourth-order valence-corrected chi connectivity index (χ4v) is 5.49. The zero-order valence-electron chi connectivity index (χ0n) is 25.3. The highest BCUT2D eigenvalue weighted by Gasteiger charge is 2.49. The second-order valence-corrected chi connectivity index (χ2v) is 11.6. The molecule has 13 heteroatoms. The van der Waals surface area contributed by atoms with E-state index in [2.05, 4.69) is 0 Å². The number of alkyl halides is 5. The summed E-state index contributed by atoms with van der Waals surface area (Å²) in [7, 11) is 2.46. The van der Waals surface area contributed by atoms with Gasteiger partial charge in [-0.25, -0.2) is 14.5 Å². The monoisotopic (exact) mass is 626 g/mol. The van der Waals surface area contributed by atoms with Crippen molar-refractivity contribution in [3.8, 4) is 5.75 Å². The fourth-order valence-electron chi connectivity index (χ4n) is 5.49. The molecule has 0 saturated carbocycles. The number of aromatic nitrogens is 1. The average Bonchev–Trinajstić information content (AvgIpc) is 3.40. The largest absolute Gasteiger partial charge is 0.496 e. The second-order valence-electron chi connectivity index (χ2n) is 11.6. The normalized spacial score (nSPS) is 18.3. The molecule has 0 bridgehead atoms. The number of piperidine rings is 1.